The van der Waals surface area contributed by atoms with E-state index in [9.17, 15) is 9.59 Å². The van der Waals surface area contributed by atoms with Gasteiger partial charge in [0, 0.05) is 67.9 Å². The van der Waals surface area contributed by atoms with E-state index in [0.717, 1.165) is 92.4 Å². The van der Waals surface area contributed by atoms with Gasteiger partial charge in [0.05, 0.1) is 12.8 Å². The Balaban J connectivity index is 1.02. The molecule has 3 aromatic heterocycles. The highest BCUT2D eigenvalue weighted by molar-refractivity contribution is 5.94. The average molecular weight is 685 g/mol. The number of ether oxygens (including phenoxy) is 2. The molecule has 4 fully saturated rings. The van der Waals surface area contributed by atoms with Gasteiger partial charge in [0.2, 0.25) is 5.91 Å². The average Bonchev–Trinajstić information content (AvgIpc) is 3.89. The molecule has 2 amide bonds. The molecule has 268 valence electrons. The van der Waals surface area contributed by atoms with Gasteiger partial charge in [-0.25, -0.2) is 14.8 Å². The lowest BCUT2D eigenvalue weighted by atomic mass is 9.79. The quantitative estimate of drug-likeness (QED) is 0.224. The Bertz CT molecular complexity index is 1620. The number of carbonyl (C=O) groups excluding carboxylic acids is 2. The molecule has 3 aliphatic carbocycles. The number of pyridine rings is 2. The van der Waals surface area contributed by atoms with Crippen LogP contribution in [0.3, 0.4) is 0 Å². The van der Waals surface area contributed by atoms with E-state index in [4.69, 9.17) is 28.8 Å². The predicted octanol–water partition coefficient (Wildman–Crippen LogP) is 6.97. The van der Waals surface area contributed by atoms with Crippen molar-refractivity contribution in [3.05, 3.63) is 54.0 Å². The van der Waals surface area contributed by atoms with Crippen molar-refractivity contribution >= 4 is 17.8 Å². The van der Waals surface area contributed by atoms with Gasteiger partial charge in [0.25, 0.3) is 0 Å². The van der Waals surface area contributed by atoms with Crippen LogP contribution in [0.25, 0.3) is 11.3 Å². The van der Waals surface area contributed by atoms with Crippen LogP contribution in [0.15, 0.2) is 41.1 Å². The molecule has 11 heteroatoms. The van der Waals surface area contributed by atoms with Gasteiger partial charge >= 0.3 is 6.09 Å². The Kier molecular flexibility index (Phi) is 10.7. The number of aryl methyl sites for hydroxylation is 1. The molecule has 11 nitrogen and oxygen atoms in total. The second-order valence-electron chi connectivity index (χ2n) is 14.7. The van der Waals surface area contributed by atoms with Gasteiger partial charge < -0.3 is 23.7 Å². The lowest BCUT2D eigenvalue weighted by molar-refractivity contribution is -0.124. The molecule has 3 saturated carbocycles. The molecule has 0 unspecified atom stereocenters. The number of likely N-dealkylation sites (N-methyl/N-ethyl adjacent to an activating group) is 1. The second kappa shape index (κ2) is 15.5. The Morgan fingerprint density at radius 1 is 0.920 bits per heavy atom. The predicted molar refractivity (Wildman–Crippen MR) is 190 cm³/mol. The minimum Gasteiger partial charge on any atom is -0.495 e. The molecule has 1 saturated heterocycles. The first kappa shape index (κ1) is 34.5. The Hall–Kier alpha value is -3.99. The van der Waals surface area contributed by atoms with Crippen LogP contribution in [0.1, 0.15) is 100 Å². The SMILES string of the molecule is CCN1CCN(C(=O)O[C@H]2CC[C@H](C(=O)N(C[C@H]3CC[C@H](c4ccc(OC)c(C)n4)CC3)c3cc(-c4coc(C5CC5)n4)ccn3)CC2)CC1. The van der Waals surface area contributed by atoms with Gasteiger partial charge in [0.15, 0.2) is 5.89 Å². The molecule has 4 heterocycles. The number of amides is 2. The number of oxazole rings is 1. The molecule has 0 radical (unpaired) electrons. The van der Waals surface area contributed by atoms with Crippen molar-refractivity contribution in [1.82, 2.24) is 24.8 Å². The van der Waals surface area contributed by atoms with Crippen molar-refractivity contribution in [2.24, 2.45) is 11.8 Å². The Labute approximate surface area is 295 Å². The molecule has 4 aliphatic rings. The van der Waals surface area contributed by atoms with E-state index >= 15 is 0 Å². The van der Waals surface area contributed by atoms with E-state index in [-0.39, 0.29) is 24.0 Å². The molecular formula is C39H52N6O5. The zero-order chi connectivity index (χ0) is 34.6. The van der Waals surface area contributed by atoms with Crippen LogP contribution in [0.4, 0.5) is 10.6 Å². The summed E-state index contributed by atoms with van der Waals surface area (Å²) in [5.74, 6) is 3.45. The number of nitrogens with zero attached hydrogens (tertiary/aromatic N) is 6. The van der Waals surface area contributed by atoms with Crippen molar-refractivity contribution in [2.45, 2.75) is 96.0 Å². The van der Waals surface area contributed by atoms with Crippen molar-refractivity contribution in [1.29, 1.82) is 0 Å². The lowest BCUT2D eigenvalue weighted by Crippen LogP contribution is -2.49. The topological polar surface area (TPSA) is 114 Å². The first-order chi connectivity index (χ1) is 24.4. The van der Waals surface area contributed by atoms with Gasteiger partial charge in [0.1, 0.15) is 29.6 Å². The summed E-state index contributed by atoms with van der Waals surface area (Å²) < 4.78 is 17.2. The van der Waals surface area contributed by atoms with Crippen LogP contribution in [-0.4, -0.2) is 89.2 Å². The minimum absolute atomic E-state index is 0.114. The van der Waals surface area contributed by atoms with Crippen LogP contribution in [0.5, 0.6) is 5.75 Å². The van der Waals surface area contributed by atoms with E-state index < -0.39 is 0 Å². The number of carbonyl (C=O) groups is 2. The van der Waals surface area contributed by atoms with E-state index in [2.05, 4.69) is 17.9 Å². The third-order valence-electron chi connectivity index (χ3n) is 11.4. The minimum atomic E-state index is -0.216. The summed E-state index contributed by atoms with van der Waals surface area (Å²) in [4.78, 5) is 47.9. The molecule has 0 aromatic carbocycles. The van der Waals surface area contributed by atoms with Gasteiger partial charge in [-0.05, 0) is 108 Å². The standard InChI is InChI=1S/C39H52N6O5/c1-4-43-19-21-44(22-20-43)39(47)50-32-13-11-30(12-14-32)38(46)45(36-23-31(17-18-40-36)34-25-49-37(42-34)29-9-10-29)24-27-5-7-28(8-6-27)33-15-16-35(48-3)26(2)41-33/h15-18,23,25,27-30,32H,4-14,19-22,24H2,1-3H3/t27-,28-,30-,32-. The number of aromatic nitrogens is 3. The summed E-state index contributed by atoms with van der Waals surface area (Å²) in [6.07, 6.45) is 12.3. The summed E-state index contributed by atoms with van der Waals surface area (Å²) in [6, 6.07) is 8.06. The third-order valence-corrected chi connectivity index (χ3v) is 11.4. The van der Waals surface area contributed by atoms with Gasteiger partial charge in [-0.1, -0.05) is 6.92 Å². The van der Waals surface area contributed by atoms with E-state index in [1.807, 2.05) is 34.9 Å². The maximum atomic E-state index is 14.5. The van der Waals surface area contributed by atoms with Crippen LogP contribution >= 0.6 is 0 Å². The highest BCUT2D eigenvalue weighted by Crippen LogP contribution is 2.41. The molecule has 0 spiro atoms. The number of piperazine rings is 1. The largest absolute Gasteiger partial charge is 0.495 e. The lowest BCUT2D eigenvalue weighted by Gasteiger charge is -2.36. The molecule has 0 atom stereocenters. The number of rotatable bonds is 10. The smallest absolute Gasteiger partial charge is 0.410 e. The van der Waals surface area contributed by atoms with Crippen LogP contribution in [0, 0.1) is 18.8 Å². The van der Waals surface area contributed by atoms with Crippen molar-refractivity contribution in [3.8, 4) is 17.0 Å². The molecule has 0 N–H and O–H groups in total. The molecular weight excluding hydrogens is 632 g/mol. The fourth-order valence-electron chi connectivity index (χ4n) is 7.98. The molecule has 1 aliphatic heterocycles. The number of anilines is 1. The van der Waals surface area contributed by atoms with Crippen molar-refractivity contribution < 1.29 is 23.5 Å². The van der Waals surface area contributed by atoms with Crippen LogP contribution in [0.2, 0.25) is 0 Å². The zero-order valence-corrected chi connectivity index (χ0v) is 29.9. The van der Waals surface area contributed by atoms with E-state index in [1.165, 1.54) is 0 Å². The van der Waals surface area contributed by atoms with E-state index in [1.54, 1.807) is 19.6 Å². The Morgan fingerprint density at radius 2 is 1.66 bits per heavy atom. The number of hydrogen-bond donors (Lipinski definition) is 0. The van der Waals surface area contributed by atoms with Crippen LogP contribution in [-0.2, 0) is 9.53 Å². The van der Waals surface area contributed by atoms with Crippen molar-refractivity contribution in [3.63, 3.8) is 0 Å². The maximum absolute atomic E-state index is 14.5. The summed E-state index contributed by atoms with van der Waals surface area (Å²) in [5.41, 5.74) is 3.74. The summed E-state index contributed by atoms with van der Waals surface area (Å²) in [5, 5.41) is 0. The second-order valence-corrected chi connectivity index (χ2v) is 14.7. The highest BCUT2D eigenvalue weighted by Gasteiger charge is 2.35. The van der Waals surface area contributed by atoms with Gasteiger partial charge in [-0.3, -0.25) is 14.7 Å². The summed E-state index contributed by atoms with van der Waals surface area (Å²) >= 11 is 0. The molecule has 0 bridgehead atoms. The summed E-state index contributed by atoms with van der Waals surface area (Å²) in [6.45, 7) is 8.95. The molecule has 50 heavy (non-hydrogen) atoms. The van der Waals surface area contributed by atoms with Crippen molar-refractivity contribution in [2.75, 3.05) is 51.3 Å². The molecule has 7 rings (SSSR count). The first-order valence-corrected chi connectivity index (χ1v) is 18.8. The fourth-order valence-corrected chi connectivity index (χ4v) is 7.98. The first-order valence-electron chi connectivity index (χ1n) is 18.8. The zero-order valence-electron chi connectivity index (χ0n) is 29.9. The van der Waals surface area contributed by atoms with Crippen LogP contribution < -0.4 is 9.64 Å². The van der Waals surface area contributed by atoms with Gasteiger partial charge in [-0.15, -0.1) is 0 Å². The third kappa shape index (κ3) is 7.98. The number of methoxy groups -OCH3 is 1. The van der Waals surface area contributed by atoms with Gasteiger partial charge in [-0.2, -0.15) is 0 Å². The number of hydrogen-bond acceptors (Lipinski definition) is 9. The van der Waals surface area contributed by atoms with E-state index in [0.29, 0.717) is 68.9 Å². The monoisotopic (exact) mass is 684 g/mol. The Morgan fingerprint density at radius 3 is 2.34 bits per heavy atom. The fraction of sp³-hybridized carbons (Fsp3) is 0.615. The molecule has 3 aromatic rings. The summed E-state index contributed by atoms with van der Waals surface area (Å²) in [7, 11) is 1.68. The highest BCUT2D eigenvalue weighted by atomic mass is 16.6. The maximum Gasteiger partial charge on any atom is 0.410 e. The normalized spacial score (nSPS) is 24.5.